The molecule has 1 heterocycles. The van der Waals surface area contributed by atoms with Crippen molar-refractivity contribution in [2.45, 2.75) is 26.4 Å². The van der Waals surface area contributed by atoms with Crippen LogP contribution in [0.1, 0.15) is 34.8 Å². The summed E-state index contributed by atoms with van der Waals surface area (Å²) in [6.07, 6.45) is 0.893. The average molecular weight is 338 g/mol. The van der Waals surface area contributed by atoms with Gasteiger partial charge in [0.25, 0.3) is 5.91 Å². The number of hydrogen-bond donors (Lipinski definition) is 3. The number of carbonyl (C=O) groups is 2. The third-order valence-electron chi connectivity index (χ3n) is 4.17. The highest BCUT2D eigenvalue weighted by atomic mass is 16.2. The summed E-state index contributed by atoms with van der Waals surface area (Å²) in [6, 6.07) is 12.4. The zero-order valence-electron chi connectivity index (χ0n) is 14.2. The summed E-state index contributed by atoms with van der Waals surface area (Å²) in [5.41, 5.74) is 9.94. The lowest BCUT2D eigenvalue weighted by atomic mass is 10.1. The minimum Gasteiger partial charge on any atom is -0.399 e. The van der Waals surface area contributed by atoms with E-state index >= 15 is 0 Å². The molecule has 2 aromatic rings. The second-order valence-corrected chi connectivity index (χ2v) is 6.15. The molecule has 1 aliphatic heterocycles. The second-order valence-electron chi connectivity index (χ2n) is 6.15. The molecule has 6 heteroatoms. The van der Waals surface area contributed by atoms with Crippen LogP contribution in [0.4, 0.5) is 16.2 Å². The summed E-state index contributed by atoms with van der Waals surface area (Å²) < 4.78 is 0. The van der Waals surface area contributed by atoms with E-state index < -0.39 is 0 Å². The molecule has 0 aromatic heterocycles. The van der Waals surface area contributed by atoms with E-state index in [4.69, 9.17) is 5.73 Å². The number of hydrogen-bond acceptors (Lipinski definition) is 3. The zero-order chi connectivity index (χ0) is 17.8. The smallest absolute Gasteiger partial charge is 0.322 e. The first-order valence-electron chi connectivity index (χ1n) is 8.38. The third-order valence-corrected chi connectivity index (χ3v) is 4.17. The van der Waals surface area contributed by atoms with E-state index in [9.17, 15) is 9.59 Å². The molecule has 6 nitrogen and oxygen atoms in total. The molecule has 0 fully saturated rings. The van der Waals surface area contributed by atoms with Gasteiger partial charge in [-0.3, -0.25) is 4.79 Å². The fraction of sp³-hybridized carbons (Fsp3) is 0.263. The Bertz CT molecular complexity index is 787. The fourth-order valence-corrected chi connectivity index (χ4v) is 2.81. The van der Waals surface area contributed by atoms with Gasteiger partial charge >= 0.3 is 6.03 Å². The molecule has 0 atom stereocenters. The number of benzene rings is 2. The standard InChI is InChI=1S/C19H22N4O2/c1-2-9-21-18(24)13-4-7-17(8-5-13)22-19(25)23-11-14-3-6-16(20)10-15(14)12-23/h3-8,10H,2,9,11-12,20H2,1H3,(H,21,24)(H,22,25). The van der Waals surface area contributed by atoms with Crippen LogP contribution in [0.25, 0.3) is 0 Å². The topological polar surface area (TPSA) is 87.5 Å². The van der Waals surface area contributed by atoms with Crippen LogP contribution in [0.5, 0.6) is 0 Å². The maximum absolute atomic E-state index is 12.4. The van der Waals surface area contributed by atoms with Crippen molar-refractivity contribution in [3.63, 3.8) is 0 Å². The lowest BCUT2D eigenvalue weighted by Gasteiger charge is -2.16. The number of rotatable bonds is 4. The average Bonchev–Trinajstić information content (AvgIpc) is 3.03. The minimum atomic E-state index is -0.169. The molecule has 2 aromatic carbocycles. The van der Waals surface area contributed by atoms with Crippen LogP contribution in [0.3, 0.4) is 0 Å². The zero-order valence-corrected chi connectivity index (χ0v) is 14.2. The van der Waals surface area contributed by atoms with Gasteiger partial charge in [-0.15, -0.1) is 0 Å². The molecule has 0 saturated heterocycles. The van der Waals surface area contributed by atoms with Gasteiger partial charge < -0.3 is 21.3 Å². The number of nitrogens with two attached hydrogens (primary N) is 1. The molecule has 3 amide bonds. The molecule has 0 unspecified atom stereocenters. The Morgan fingerprint density at radius 2 is 1.80 bits per heavy atom. The van der Waals surface area contributed by atoms with E-state index in [1.54, 1.807) is 29.2 Å². The predicted octanol–water partition coefficient (Wildman–Crippen LogP) is 2.96. The van der Waals surface area contributed by atoms with Gasteiger partial charge in [0, 0.05) is 36.6 Å². The molecule has 0 saturated carbocycles. The number of carbonyl (C=O) groups excluding carboxylic acids is 2. The van der Waals surface area contributed by atoms with Crippen LogP contribution >= 0.6 is 0 Å². The van der Waals surface area contributed by atoms with E-state index in [2.05, 4.69) is 10.6 Å². The summed E-state index contributed by atoms with van der Waals surface area (Å²) in [4.78, 5) is 26.0. The Hall–Kier alpha value is -3.02. The first kappa shape index (κ1) is 16.8. The van der Waals surface area contributed by atoms with Gasteiger partial charge in [0.1, 0.15) is 0 Å². The molecule has 3 rings (SSSR count). The number of fused-ring (bicyclic) bond motifs is 1. The Morgan fingerprint density at radius 1 is 1.08 bits per heavy atom. The molecule has 0 bridgehead atoms. The summed E-state index contributed by atoms with van der Waals surface area (Å²) in [5.74, 6) is -0.104. The van der Waals surface area contributed by atoms with E-state index in [0.717, 1.165) is 17.5 Å². The lowest BCUT2D eigenvalue weighted by molar-refractivity contribution is 0.0953. The highest BCUT2D eigenvalue weighted by molar-refractivity contribution is 5.95. The van der Waals surface area contributed by atoms with Gasteiger partial charge in [0.05, 0.1) is 0 Å². The molecule has 1 aliphatic rings. The highest BCUT2D eigenvalue weighted by Crippen LogP contribution is 2.25. The first-order valence-corrected chi connectivity index (χ1v) is 8.38. The van der Waals surface area contributed by atoms with Crippen LogP contribution in [0.15, 0.2) is 42.5 Å². The van der Waals surface area contributed by atoms with Crippen molar-refractivity contribution in [2.75, 3.05) is 17.6 Å². The quantitative estimate of drug-likeness (QED) is 0.749. The van der Waals surface area contributed by atoms with Crippen LogP contribution < -0.4 is 16.4 Å². The molecular formula is C19H22N4O2. The van der Waals surface area contributed by atoms with Crippen molar-refractivity contribution >= 4 is 23.3 Å². The van der Waals surface area contributed by atoms with Gasteiger partial charge in [0.15, 0.2) is 0 Å². The maximum atomic E-state index is 12.4. The highest BCUT2D eigenvalue weighted by Gasteiger charge is 2.23. The van der Waals surface area contributed by atoms with Crippen LogP contribution in [-0.4, -0.2) is 23.4 Å². The molecule has 4 N–H and O–H groups in total. The first-order chi connectivity index (χ1) is 12.1. The van der Waals surface area contributed by atoms with E-state index in [-0.39, 0.29) is 11.9 Å². The number of nitrogens with one attached hydrogen (secondary N) is 2. The Labute approximate surface area is 147 Å². The van der Waals surface area contributed by atoms with Crippen molar-refractivity contribution in [3.8, 4) is 0 Å². The molecule has 0 radical (unpaired) electrons. The molecule has 0 aliphatic carbocycles. The predicted molar refractivity (Wildman–Crippen MR) is 98.2 cm³/mol. The minimum absolute atomic E-state index is 0.104. The largest absolute Gasteiger partial charge is 0.399 e. The normalized spacial score (nSPS) is 12.6. The molecule has 130 valence electrons. The number of nitrogen functional groups attached to an aromatic ring is 1. The number of amides is 3. The summed E-state index contributed by atoms with van der Waals surface area (Å²) in [6.45, 7) is 3.77. The summed E-state index contributed by atoms with van der Waals surface area (Å²) in [5, 5.41) is 5.69. The van der Waals surface area contributed by atoms with Gasteiger partial charge in [-0.05, 0) is 53.9 Å². The Morgan fingerprint density at radius 3 is 2.52 bits per heavy atom. The van der Waals surface area contributed by atoms with E-state index in [0.29, 0.717) is 36.6 Å². The molecule has 25 heavy (non-hydrogen) atoms. The summed E-state index contributed by atoms with van der Waals surface area (Å²) in [7, 11) is 0. The van der Waals surface area contributed by atoms with Gasteiger partial charge in [0.2, 0.25) is 0 Å². The maximum Gasteiger partial charge on any atom is 0.322 e. The third kappa shape index (κ3) is 3.91. The lowest BCUT2D eigenvalue weighted by Crippen LogP contribution is -2.30. The molecule has 0 spiro atoms. The summed E-state index contributed by atoms with van der Waals surface area (Å²) >= 11 is 0. The van der Waals surface area contributed by atoms with Crippen LogP contribution in [-0.2, 0) is 13.1 Å². The Balaban J connectivity index is 1.59. The SMILES string of the molecule is CCCNC(=O)c1ccc(NC(=O)N2Cc3ccc(N)cc3C2)cc1. The second kappa shape index (κ2) is 7.25. The van der Waals surface area contributed by atoms with Gasteiger partial charge in [-0.2, -0.15) is 0 Å². The van der Waals surface area contributed by atoms with Crippen molar-refractivity contribution in [1.82, 2.24) is 10.2 Å². The number of nitrogens with zero attached hydrogens (tertiary/aromatic N) is 1. The fourth-order valence-electron chi connectivity index (χ4n) is 2.81. The molecular weight excluding hydrogens is 316 g/mol. The van der Waals surface area contributed by atoms with Crippen molar-refractivity contribution < 1.29 is 9.59 Å². The van der Waals surface area contributed by atoms with Crippen molar-refractivity contribution in [3.05, 3.63) is 59.2 Å². The monoisotopic (exact) mass is 338 g/mol. The van der Waals surface area contributed by atoms with Crippen molar-refractivity contribution in [2.24, 2.45) is 0 Å². The van der Waals surface area contributed by atoms with E-state index in [1.807, 2.05) is 25.1 Å². The van der Waals surface area contributed by atoms with E-state index in [1.165, 1.54) is 0 Å². The van der Waals surface area contributed by atoms with Gasteiger partial charge in [-0.1, -0.05) is 13.0 Å². The van der Waals surface area contributed by atoms with Crippen LogP contribution in [0.2, 0.25) is 0 Å². The Kier molecular flexibility index (Phi) is 4.88. The van der Waals surface area contributed by atoms with Gasteiger partial charge in [-0.25, -0.2) is 4.79 Å². The van der Waals surface area contributed by atoms with Crippen molar-refractivity contribution in [1.29, 1.82) is 0 Å². The van der Waals surface area contributed by atoms with Crippen LogP contribution in [0, 0.1) is 0 Å². The number of urea groups is 1. The number of anilines is 2.